The predicted octanol–water partition coefficient (Wildman–Crippen LogP) is 3.42. The maximum absolute atomic E-state index is 5.68. The first-order valence-corrected chi connectivity index (χ1v) is 8.26. The van der Waals surface area contributed by atoms with Crippen molar-refractivity contribution in [3.8, 4) is 5.75 Å². The molecule has 1 aromatic heterocycles. The molecule has 0 saturated carbocycles. The lowest BCUT2D eigenvalue weighted by Gasteiger charge is -2.29. The summed E-state index contributed by atoms with van der Waals surface area (Å²) in [7, 11) is 2.04. The van der Waals surface area contributed by atoms with Gasteiger partial charge in [-0.15, -0.1) is 0 Å². The third-order valence-corrected chi connectivity index (χ3v) is 4.92. The van der Waals surface area contributed by atoms with Crippen molar-refractivity contribution in [3.05, 3.63) is 24.0 Å². The highest BCUT2D eigenvalue weighted by Gasteiger charge is 2.24. The first kappa shape index (κ1) is 14.7. The maximum atomic E-state index is 5.68. The van der Waals surface area contributed by atoms with Crippen LogP contribution in [-0.2, 0) is 0 Å². The van der Waals surface area contributed by atoms with Gasteiger partial charge in [-0.2, -0.15) is 11.8 Å². The summed E-state index contributed by atoms with van der Waals surface area (Å²) in [5.74, 6) is 2.17. The minimum absolute atomic E-state index is 0.378. The largest absolute Gasteiger partial charge is 0.492 e. The molecular weight excluding hydrogens is 256 g/mol. The van der Waals surface area contributed by atoms with E-state index in [1.165, 1.54) is 30.6 Å². The van der Waals surface area contributed by atoms with Crippen LogP contribution in [0, 0.1) is 0 Å². The van der Waals surface area contributed by atoms with Gasteiger partial charge in [0.05, 0.1) is 12.8 Å². The Morgan fingerprint density at radius 3 is 3.05 bits per heavy atom. The van der Waals surface area contributed by atoms with E-state index < -0.39 is 0 Å². The van der Waals surface area contributed by atoms with Crippen LogP contribution in [0.3, 0.4) is 0 Å². The van der Waals surface area contributed by atoms with E-state index in [1.807, 2.05) is 13.2 Å². The number of hydrogen-bond donors (Lipinski definition) is 1. The lowest BCUT2D eigenvalue weighted by molar-refractivity contribution is 0.315. The lowest BCUT2D eigenvalue weighted by atomic mass is 10.0. The molecule has 1 aromatic rings. The molecule has 1 fully saturated rings. The Bertz CT molecular complexity index is 380. The van der Waals surface area contributed by atoms with Crippen molar-refractivity contribution in [3.63, 3.8) is 0 Å². The molecule has 0 aromatic carbocycles. The molecule has 4 heteroatoms. The Morgan fingerprint density at radius 2 is 2.37 bits per heavy atom. The molecule has 19 heavy (non-hydrogen) atoms. The van der Waals surface area contributed by atoms with Crippen LogP contribution in [0.2, 0.25) is 0 Å². The van der Waals surface area contributed by atoms with Crippen molar-refractivity contribution in [2.45, 2.75) is 43.9 Å². The van der Waals surface area contributed by atoms with Gasteiger partial charge in [0.1, 0.15) is 5.75 Å². The molecule has 3 nitrogen and oxygen atoms in total. The van der Waals surface area contributed by atoms with Crippen molar-refractivity contribution in [2.75, 3.05) is 19.4 Å². The maximum Gasteiger partial charge on any atom is 0.137 e. The van der Waals surface area contributed by atoms with E-state index in [-0.39, 0.29) is 0 Å². The number of rotatable bonds is 6. The van der Waals surface area contributed by atoms with Crippen LogP contribution in [0.15, 0.2) is 18.5 Å². The molecule has 2 unspecified atom stereocenters. The SMILES string of the molecule is CCCOc1cncc(C(NC)C2CCCCS2)c1. The van der Waals surface area contributed by atoms with Crippen LogP contribution in [-0.4, -0.2) is 29.6 Å². The van der Waals surface area contributed by atoms with E-state index in [0.717, 1.165) is 18.8 Å². The highest BCUT2D eigenvalue weighted by molar-refractivity contribution is 8.00. The van der Waals surface area contributed by atoms with Gasteiger partial charge in [-0.3, -0.25) is 4.98 Å². The quantitative estimate of drug-likeness (QED) is 0.866. The molecule has 1 saturated heterocycles. The molecule has 0 spiro atoms. The fraction of sp³-hybridized carbons (Fsp3) is 0.667. The fourth-order valence-corrected chi connectivity index (χ4v) is 3.99. The summed E-state index contributed by atoms with van der Waals surface area (Å²) in [5, 5.41) is 4.11. The van der Waals surface area contributed by atoms with Gasteiger partial charge in [0.15, 0.2) is 0 Å². The van der Waals surface area contributed by atoms with Crippen molar-refractivity contribution in [1.82, 2.24) is 10.3 Å². The van der Waals surface area contributed by atoms with Crippen LogP contribution < -0.4 is 10.1 Å². The van der Waals surface area contributed by atoms with E-state index in [1.54, 1.807) is 6.20 Å². The van der Waals surface area contributed by atoms with Gasteiger partial charge in [0, 0.05) is 17.5 Å². The summed E-state index contributed by atoms with van der Waals surface area (Å²) in [5.41, 5.74) is 1.25. The fourth-order valence-electron chi connectivity index (χ4n) is 2.50. The topological polar surface area (TPSA) is 34.1 Å². The van der Waals surface area contributed by atoms with Gasteiger partial charge in [-0.1, -0.05) is 13.3 Å². The molecule has 2 heterocycles. The van der Waals surface area contributed by atoms with E-state index in [2.05, 4.69) is 35.1 Å². The molecule has 0 aliphatic carbocycles. The van der Waals surface area contributed by atoms with Gasteiger partial charge < -0.3 is 10.1 Å². The summed E-state index contributed by atoms with van der Waals surface area (Å²) < 4.78 is 5.68. The molecule has 1 N–H and O–H groups in total. The first-order chi connectivity index (χ1) is 9.35. The van der Waals surface area contributed by atoms with Crippen LogP contribution >= 0.6 is 11.8 Å². The molecule has 2 rings (SSSR count). The minimum Gasteiger partial charge on any atom is -0.492 e. The van der Waals surface area contributed by atoms with Crippen LogP contribution in [0.1, 0.15) is 44.2 Å². The zero-order valence-electron chi connectivity index (χ0n) is 11.9. The Balaban J connectivity index is 2.08. The number of nitrogens with zero attached hydrogens (tertiary/aromatic N) is 1. The molecular formula is C15H24N2OS. The number of hydrogen-bond acceptors (Lipinski definition) is 4. The van der Waals surface area contributed by atoms with Gasteiger partial charge in [0.2, 0.25) is 0 Å². The summed E-state index contributed by atoms with van der Waals surface area (Å²) in [6.07, 6.45) is 8.79. The molecule has 0 radical (unpaired) electrons. The third-order valence-electron chi connectivity index (χ3n) is 3.46. The summed E-state index contributed by atoms with van der Waals surface area (Å²) in [6, 6.07) is 2.52. The number of thioether (sulfide) groups is 1. The van der Waals surface area contributed by atoms with E-state index >= 15 is 0 Å². The monoisotopic (exact) mass is 280 g/mol. The Hall–Kier alpha value is -0.740. The second kappa shape index (κ2) is 7.75. The van der Waals surface area contributed by atoms with Gasteiger partial charge in [0.25, 0.3) is 0 Å². The predicted molar refractivity (Wildman–Crippen MR) is 81.9 cm³/mol. The smallest absolute Gasteiger partial charge is 0.137 e. The van der Waals surface area contributed by atoms with Crippen LogP contribution in [0.5, 0.6) is 5.75 Å². The van der Waals surface area contributed by atoms with Gasteiger partial charge >= 0.3 is 0 Å². The second-order valence-electron chi connectivity index (χ2n) is 4.97. The molecule has 1 aliphatic heterocycles. The molecule has 0 amide bonds. The minimum atomic E-state index is 0.378. The zero-order valence-corrected chi connectivity index (χ0v) is 12.7. The van der Waals surface area contributed by atoms with Gasteiger partial charge in [-0.05, 0) is 43.7 Å². The van der Waals surface area contributed by atoms with Crippen molar-refractivity contribution < 1.29 is 4.74 Å². The van der Waals surface area contributed by atoms with E-state index in [4.69, 9.17) is 4.74 Å². The molecule has 2 atom stereocenters. The Labute approximate surface area is 120 Å². The van der Waals surface area contributed by atoms with Crippen molar-refractivity contribution >= 4 is 11.8 Å². The Morgan fingerprint density at radius 1 is 1.47 bits per heavy atom. The van der Waals surface area contributed by atoms with E-state index in [0.29, 0.717) is 11.3 Å². The number of aromatic nitrogens is 1. The highest BCUT2D eigenvalue weighted by atomic mass is 32.2. The second-order valence-corrected chi connectivity index (χ2v) is 6.32. The summed E-state index contributed by atoms with van der Waals surface area (Å²) >= 11 is 2.08. The average Bonchev–Trinajstić information content (AvgIpc) is 2.47. The van der Waals surface area contributed by atoms with Gasteiger partial charge in [-0.25, -0.2) is 0 Å². The standard InChI is InChI=1S/C15H24N2OS/c1-3-7-18-13-9-12(10-17-11-13)15(16-2)14-6-4-5-8-19-14/h9-11,14-16H,3-8H2,1-2H3. The highest BCUT2D eigenvalue weighted by Crippen LogP contribution is 2.35. The molecule has 106 valence electrons. The molecule has 0 bridgehead atoms. The molecule has 1 aliphatic rings. The summed E-state index contributed by atoms with van der Waals surface area (Å²) in [6.45, 7) is 2.87. The third kappa shape index (κ3) is 4.11. The van der Waals surface area contributed by atoms with Crippen molar-refractivity contribution in [1.29, 1.82) is 0 Å². The summed E-state index contributed by atoms with van der Waals surface area (Å²) in [4.78, 5) is 4.33. The zero-order chi connectivity index (χ0) is 13.5. The van der Waals surface area contributed by atoms with Crippen LogP contribution in [0.25, 0.3) is 0 Å². The normalized spacial score (nSPS) is 21.1. The number of nitrogens with one attached hydrogen (secondary N) is 1. The lowest BCUT2D eigenvalue weighted by Crippen LogP contribution is -2.29. The van der Waals surface area contributed by atoms with Crippen molar-refractivity contribution in [2.24, 2.45) is 0 Å². The number of ether oxygens (including phenoxy) is 1. The first-order valence-electron chi connectivity index (χ1n) is 7.21. The van der Waals surface area contributed by atoms with Crippen LogP contribution in [0.4, 0.5) is 0 Å². The Kier molecular flexibility index (Phi) is 5.98. The average molecular weight is 280 g/mol. The van der Waals surface area contributed by atoms with E-state index in [9.17, 15) is 0 Å². The number of pyridine rings is 1.